The predicted octanol–water partition coefficient (Wildman–Crippen LogP) is 4.71. The lowest BCUT2D eigenvalue weighted by Crippen LogP contribution is -2.25. The molecular formula is C17H19FIN. The second-order valence-electron chi connectivity index (χ2n) is 4.86. The summed E-state index contributed by atoms with van der Waals surface area (Å²) in [5.41, 5.74) is 1.97. The van der Waals surface area contributed by atoms with Crippen LogP contribution in [0.2, 0.25) is 0 Å². The molecule has 3 heteroatoms. The quantitative estimate of drug-likeness (QED) is 0.713. The van der Waals surface area contributed by atoms with Gasteiger partial charge in [-0.25, -0.2) is 4.39 Å². The van der Waals surface area contributed by atoms with E-state index in [-0.39, 0.29) is 11.9 Å². The molecule has 0 amide bonds. The Labute approximate surface area is 133 Å². The highest BCUT2D eigenvalue weighted by Gasteiger charge is 2.15. The van der Waals surface area contributed by atoms with Crippen LogP contribution in [0.25, 0.3) is 0 Å². The minimum absolute atomic E-state index is 0.0243. The molecule has 0 radical (unpaired) electrons. The average Bonchev–Trinajstić information content (AvgIpc) is 2.46. The molecule has 1 atom stereocenters. The van der Waals surface area contributed by atoms with Gasteiger partial charge < -0.3 is 5.32 Å². The molecule has 2 aromatic carbocycles. The van der Waals surface area contributed by atoms with Gasteiger partial charge >= 0.3 is 0 Å². The van der Waals surface area contributed by atoms with Crippen molar-refractivity contribution in [3.8, 4) is 0 Å². The van der Waals surface area contributed by atoms with Crippen molar-refractivity contribution in [1.82, 2.24) is 5.32 Å². The van der Waals surface area contributed by atoms with E-state index in [1.165, 1.54) is 15.2 Å². The Hall–Kier alpha value is -0.940. The first-order chi connectivity index (χ1) is 9.70. The third kappa shape index (κ3) is 4.28. The number of halogens is 2. The van der Waals surface area contributed by atoms with E-state index < -0.39 is 0 Å². The SMILES string of the molecule is CCCNC(Cc1ccc(I)cc1)c1ccccc1F. The van der Waals surface area contributed by atoms with Crippen LogP contribution in [-0.2, 0) is 6.42 Å². The smallest absolute Gasteiger partial charge is 0.127 e. The number of hydrogen-bond acceptors (Lipinski definition) is 1. The minimum Gasteiger partial charge on any atom is -0.310 e. The highest BCUT2D eigenvalue weighted by atomic mass is 127. The van der Waals surface area contributed by atoms with Gasteiger partial charge in [0.25, 0.3) is 0 Å². The molecule has 0 saturated carbocycles. The van der Waals surface area contributed by atoms with Gasteiger partial charge in [0, 0.05) is 15.2 Å². The van der Waals surface area contributed by atoms with Crippen molar-refractivity contribution in [2.45, 2.75) is 25.8 Å². The lowest BCUT2D eigenvalue weighted by molar-refractivity contribution is 0.497. The first-order valence-corrected chi connectivity index (χ1v) is 8.01. The van der Waals surface area contributed by atoms with Gasteiger partial charge in [0.2, 0.25) is 0 Å². The largest absolute Gasteiger partial charge is 0.310 e. The van der Waals surface area contributed by atoms with Gasteiger partial charge in [-0.1, -0.05) is 37.3 Å². The van der Waals surface area contributed by atoms with Crippen LogP contribution < -0.4 is 5.32 Å². The Morgan fingerprint density at radius 3 is 2.45 bits per heavy atom. The normalized spacial score (nSPS) is 12.3. The van der Waals surface area contributed by atoms with Crippen LogP contribution in [0.4, 0.5) is 4.39 Å². The van der Waals surface area contributed by atoms with E-state index in [9.17, 15) is 4.39 Å². The van der Waals surface area contributed by atoms with Gasteiger partial charge in [-0.2, -0.15) is 0 Å². The Morgan fingerprint density at radius 1 is 1.10 bits per heavy atom. The molecule has 2 rings (SSSR count). The first kappa shape index (κ1) is 15.4. The summed E-state index contributed by atoms with van der Waals surface area (Å²) in [5, 5.41) is 3.45. The van der Waals surface area contributed by atoms with Crippen LogP contribution in [0.5, 0.6) is 0 Å². The van der Waals surface area contributed by atoms with E-state index in [4.69, 9.17) is 0 Å². The van der Waals surface area contributed by atoms with Crippen LogP contribution in [0, 0.1) is 9.39 Å². The lowest BCUT2D eigenvalue weighted by Gasteiger charge is -2.20. The molecule has 0 aliphatic heterocycles. The lowest BCUT2D eigenvalue weighted by atomic mass is 9.98. The molecule has 2 aromatic rings. The van der Waals surface area contributed by atoms with Crippen molar-refractivity contribution in [2.75, 3.05) is 6.54 Å². The maximum absolute atomic E-state index is 14.0. The van der Waals surface area contributed by atoms with Crippen molar-refractivity contribution in [3.63, 3.8) is 0 Å². The van der Waals surface area contributed by atoms with Crippen molar-refractivity contribution < 1.29 is 4.39 Å². The number of hydrogen-bond donors (Lipinski definition) is 1. The fraction of sp³-hybridized carbons (Fsp3) is 0.294. The summed E-state index contributed by atoms with van der Waals surface area (Å²) in [4.78, 5) is 0. The van der Waals surface area contributed by atoms with Crippen molar-refractivity contribution in [1.29, 1.82) is 0 Å². The van der Waals surface area contributed by atoms with Crippen LogP contribution in [0.1, 0.15) is 30.5 Å². The van der Waals surface area contributed by atoms with Crippen molar-refractivity contribution in [2.24, 2.45) is 0 Å². The van der Waals surface area contributed by atoms with Crippen molar-refractivity contribution in [3.05, 3.63) is 69.0 Å². The van der Waals surface area contributed by atoms with Crippen LogP contribution in [0.15, 0.2) is 48.5 Å². The zero-order valence-electron chi connectivity index (χ0n) is 11.6. The number of nitrogens with one attached hydrogen (secondary N) is 1. The summed E-state index contributed by atoms with van der Waals surface area (Å²) in [6.45, 7) is 3.01. The zero-order chi connectivity index (χ0) is 14.4. The van der Waals surface area contributed by atoms with Gasteiger partial charge in [0.15, 0.2) is 0 Å². The van der Waals surface area contributed by atoms with Crippen LogP contribution >= 0.6 is 22.6 Å². The second kappa shape index (κ2) is 7.74. The summed E-state index contributed by atoms with van der Waals surface area (Å²) in [6.07, 6.45) is 1.84. The van der Waals surface area contributed by atoms with Crippen LogP contribution in [0.3, 0.4) is 0 Å². The minimum atomic E-state index is -0.133. The van der Waals surface area contributed by atoms with E-state index in [1.54, 1.807) is 6.07 Å². The Bertz CT molecular complexity index is 539. The summed E-state index contributed by atoms with van der Waals surface area (Å²) in [5.74, 6) is -0.133. The Kier molecular flexibility index (Phi) is 5.98. The van der Waals surface area contributed by atoms with Gasteiger partial charge in [0.05, 0.1) is 0 Å². The van der Waals surface area contributed by atoms with Gasteiger partial charge in [-0.05, 0) is 65.7 Å². The zero-order valence-corrected chi connectivity index (χ0v) is 13.7. The fourth-order valence-electron chi connectivity index (χ4n) is 2.22. The number of benzene rings is 2. The molecule has 0 heterocycles. The van der Waals surface area contributed by atoms with E-state index in [2.05, 4.69) is 59.1 Å². The molecule has 20 heavy (non-hydrogen) atoms. The molecule has 106 valence electrons. The molecule has 0 bridgehead atoms. The molecule has 0 aliphatic rings. The van der Waals surface area contributed by atoms with E-state index >= 15 is 0 Å². The molecule has 1 nitrogen and oxygen atoms in total. The molecule has 0 aliphatic carbocycles. The monoisotopic (exact) mass is 383 g/mol. The summed E-state index contributed by atoms with van der Waals surface area (Å²) in [6, 6.07) is 15.5. The Balaban J connectivity index is 2.19. The molecule has 0 fully saturated rings. The fourth-order valence-corrected chi connectivity index (χ4v) is 2.58. The summed E-state index contributed by atoms with van der Waals surface area (Å²) < 4.78 is 15.2. The third-order valence-corrected chi connectivity index (χ3v) is 3.99. The maximum Gasteiger partial charge on any atom is 0.127 e. The van der Waals surface area contributed by atoms with E-state index in [1.807, 2.05) is 12.1 Å². The van der Waals surface area contributed by atoms with Gasteiger partial charge in [-0.15, -0.1) is 0 Å². The molecule has 0 saturated heterocycles. The van der Waals surface area contributed by atoms with E-state index in [0.717, 1.165) is 24.9 Å². The molecule has 0 aromatic heterocycles. The standard InChI is InChI=1S/C17H19FIN/c1-2-11-20-17(15-5-3-4-6-16(15)18)12-13-7-9-14(19)10-8-13/h3-10,17,20H,2,11-12H2,1H3. The van der Waals surface area contributed by atoms with Crippen LogP contribution in [-0.4, -0.2) is 6.54 Å². The predicted molar refractivity (Wildman–Crippen MR) is 90.3 cm³/mol. The first-order valence-electron chi connectivity index (χ1n) is 6.93. The van der Waals surface area contributed by atoms with E-state index in [0.29, 0.717) is 0 Å². The Morgan fingerprint density at radius 2 is 1.80 bits per heavy atom. The molecular weight excluding hydrogens is 364 g/mol. The average molecular weight is 383 g/mol. The van der Waals surface area contributed by atoms with Gasteiger partial charge in [-0.3, -0.25) is 0 Å². The van der Waals surface area contributed by atoms with Crippen molar-refractivity contribution >= 4 is 22.6 Å². The third-order valence-electron chi connectivity index (χ3n) is 3.27. The topological polar surface area (TPSA) is 12.0 Å². The highest BCUT2D eigenvalue weighted by Crippen LogP contribution is 2.21. The number of rotatable bonds is 6. The molecule has 1 N–H and O–H groups in total. The summed E-state index contributed by atoms with van der Waals surface area (Å²) in [7, 11) is 0. The molecule has 1 unspecified atom stereocenters. The van der Waals surface area contributed by atoms with Gasteiger partial charge in [0.1, 0.15) is 5.82 Å². The second-order valence-corrected chi connectivity index (χ2v) is 6.10. The summed E-state index contributed by atoms with van der Waals surface area (Å²) >= 11 is 2.29. The highest BCUT2D eigenvalue weighted by molar-refractivity contribution is 14.1. The maximum atomic E-state index is 14.0. The molecule has 0 spiro atoms.